The molecule has 1 aliphatic heterocycles. The summed E-state index contributed by atoms with van der Waals surface area (Å²) in [5.41, 5.74) is 4.12. The van der Waals surface area contributed by atoms with E-state index in [2.05, 4.69) is 32.9 Å². The van der Waals surface area contributed by atoms with Gasteiger partial charge in [0, 0.05) is 14.0 Å². The van der Waals surface area contributed by atoms with Gasteiger partial charge in [0.15, 0.2) is 5.69 Å². The summed E-state index contributed by atoms with van der Waals surface area (Å²) in [7, 11) is 3.13. The van der Waals surface area contributed by atoms with Crippen molar-refractivity contribution in [2.24, 2.45) is 12.1 Å². The summed E-state index contributed by atoms with van der Waals surface area (Å²) in [5.74, 6) is 0.926. The van der Waals surface area contributed by atoms with Gasteiger partial charge in [-0.1, -0.05) is 43.8 Å². The fourth-order valence-corrected chi connectivity index (χ4v) is 4.32. The van der Waals surface area contributed by atoms with E-state index in [1.165, 1.54) is 26.4 Å². The third-order valence-electron chi connectivity index (χ3n) is 6.01. The summed E-state index contributed by atoms with van der Waals surface area (Å²) in [6, 6.07) is 17.6. The number of urea groups is 1. The largest absolute Gasteiger partial charge is 0.544 e. The van der Waals surface area contributed by atoms with E-state index in [9.17, 15) is 20.1 Å². The number of nitrogens with zero attached hydrogens (tertiary/aromatic N) is 9. The number of rotatable bonds is 2. The molecule has 0 saturated heterocycles. The van der Waals surface area contributed by atoms with E-state index in [4.69, 9.17) is 0 Å². The van der Waals surface area contributed by atoms with Crippen molar-refractivity contribution < 1.29 is 9.48 Å². The van der Waals surface area contributed by atoms with Crippen molar-refractivity contribution in [1.29, 1.82) is 10.5 Å². The number of aryl methyl sites for hydroxylation is 2. The highest BCUT2D eigenvalue weighted by Gasteiger charge is 2.25. The van der Waals surface area contributed by atoms with Gasteiger partial charge in [0.05, 0.1) is 16.8 Å². The average Bonchev–Trinajstić information content (AvgIpc) is 2.89. The Morgan fingerprint density at radius 2 is 1.37 bits per heavy atom. The van der Waals surface area contributed by atoms with Crippen LogP contribution in [0.2, 0.25) is 0 Å². The molecule has 0 fully saturated rings. The molecule has 4 bridgehead atoms. The quantitative estimate of drug-likeness (QED) is 0.410. The van der Waals surface area contributed by atoms with Gasteiger partial charge in [-0.3, -0.25) is 5.43 Å². The Labute approximate surface area is 216 Å². The van der Waals surface area contributed by atoms with E-state index in [1.807, 2.05) is 0 Å². The highest BCUT2D eigenvalue weighted by atomic mass is 16.2. The molecule has 0 spiro atoms. The van der Waals surface area contributed by atoms with E-state index >= 15 is 0 Å². The van der Waals surface area contributed by atoms with Gasteiger partial charge in [-0.2, -0.15) is 20.3 Å². The minimum atomic E-state index is -0.444. The molecule has 1 N–H and O–H groups in total. The molecule has 5 rings (SSSR count). The van der Waals surface area contributed by atoms with Crippen molar-refractivity contribution in [1.82, 2.24) is 25.3 Å². The van der Waals surface area contributed by atoms with Crippen molar-refractivity contribution in [3.05, 3.63) is 76.0 Å². The summed E-state index contributed by atoms with van der Waals surface area (Å²) in [6.45, 7) is 3.41. The molecule has 12 nitrogen and oxygen atoms in total. The zero-order valence-electron chi connectivity index (χ0n) is 21.0. The Morgan fingerprint density at radius 3 is 1.87 bits per heavy atom. The highest BCUT2D eigenvalue weighted by Crippen LogP contribution is 2.29. The molecule has 1 aromatic heterocycles. The van der Waals surface area contributed by atoms with Crippen LogP contribution < -0.4 is 20.8 Å². The van der Waals surface area contributed by atoms with Crippen LogP contribution in [-0.4, -0.2) is 38.8 Å². The number of hydrazone groups is 1. The van der Waals surface area contributed by atoms with E-state index in [0.717, 1.165) is 0 Å². The molecule has 0 saturated carbocycles. The third kappa shape index (κ3) is 4.06. The monoisotopic (exact) mass is 505 g/mol. The number of fused-ring (bicyclic) bond motifs is 4. The van der Waals surface area contributed by atoms with Gasteiger partial charge in [-0.05, 0) is 52.7 Å². The van der Waals surface area contributed by atoms with Crippen molar-refractivity contribution in [2.75, 3.05) is 12.1 Å². The minimum absolute atomic E-state index is 0.391. The average molecular weight is 506 g/mol. The van der Waals surface area contributed by atoms with E-state index < -0.39 is 11.7 Å². The van der Waals surface area contributed by atoms with Crippen molar-refractivity contribution in [2.45, 2.75) is 13.8 Å². The van der Waals surface area contributed by atoms with Crippen molar-refractivity contribution in [3.63, 3.8) is 0 Å². The fourth-order valence-electron chi connectivity index (χ4n) is 4.32. The number of carbonyl (C=O) groups excluding carboxylic acids is 1. The Bertz CT molecular complexity index is 1810. The molecule has 0 atom stereocenters. The normalized spacial score (nSPS) is 13.1. The van der Waals surface area contributed by atoms with Gasteiger partial charge in [0.2, 0.25) is 5.82 Å². The number of carbonyl (C=O) groups is 1. The number of anilines is 1. The van der Waals surface area contributed by atoms with Crippen LogP contribution >= 0.6 is 0 Å². The predicted octanol–water partition coefficient (Wildman–Crippen LogP) is 2.08. The third-order valence-corrected chi connectivity index (χ3v) is 6.01. The predicted molar refractivity (Wildman–Crippen MR) is 139 cm³/mol. The lowest BCUT2D eigenvalue weighted by Gasteiger charge is -2.30. The molecule has 38 heavy (non-hydrogen) atoms. The summed E-state index contributed by atoms with van der Waals surface area (Å²) < 4.78 is 2.42. The van der Waals surface area contributed by atoms with Crippen LogP contribution in [0.4, 0.5) is 10.5 Å². The molecule has 4 aromatic rings. The highest BCUT2D eigenvalue weighted by molar-refractivity contribution is 6.00. The summed E-state index contributed by atoms with van der Waals surface area (Å²) in [4.78, 5) is 25.6. The smallest absolute Gasteiger partial charge is 0.280 e. The first-order valence-corrected chi connectivity index (χ1v) is 11.5. The molecule has 3 aromatic carbocycles. The first kappa shape index (κ1) is 24.1. The maximum atomic E-state index is 12.8. The first-order valence-electron chi connectivity index (χ1n) is 11.5. The Hall–Kier alpha value is -5.62. The van der Waals surface area contributed by atoms with Crippen LogP contribution in [0, 0.1) is 29.6 Å². The van der Waals surface area contributed by atoms with Crippen LogP contribution in [-0.2, 0) is 7.05 Å². The van der Waals surface area contributed by atoms with Crippen molar-refractivity contribution in [3.8, 4) is 17.8 Å². The van der Waals surface area contributed by atoms with Crippen LogP contribution in [0.1, 0.15) is 23.9 Å². The van der Waals surface area contributed by atoms with Crippen LogP contribution in [0.15, 0.2) is 58.4 Å². The Morgan fingerprint density at radius 1 is 0.868 bits per heavy atom. The Kier molecular flexibility index (Phi) is 5.78. The molecule has 12 heteroatoms. The zero-order chi connectivity index (χ0) is 27.1. The number of nitriles is 2. The van der Waals surface area contributed by atoms with Crippen LogP contribution in [0.25, 0.3) is 27.2 Å². The molecule has 2 heterocycles. The molecular weight excluding hydrogens is 484 g/mol. The number of benzene rings is 2. The van der Waals surface area contributed by atoms with Gasteiger partial charge in [-0.15, -0.1) is 5.10 Å². The lowest BCUT2D eigenvalue weighted by Crippen LogP contribution is -2.55. The second-order valence-corrected chi connectivity index (χ2v) is 8.70. The number of nitrogens with one attached hydrogen (secondary N) is 1. The van der Waals surface area contributed by atoms with Gasteiger partial charge in [0.25, 0.3) is 0 Å². The standard InChI is InChI=1S/C26H21N10O2/c1-15-29-33(3)25(37)35(31-15)21-9-17-5-7-19-11-22(36-26(38)34(4)30-16(2)32-36)12-20(24(19)14-28)8-6-18(10-21)23(17)13-27/h5-12H,1-4H3,(H,29,31)/q+1. The van der Waals surface area contributed by atoms with Crippen LogP contribution in [0.3, 0.4) is 0 Å². The number of aromatic nitrogens is 4. The van der Waals surface area contributed by atoms with Gasteiger partial charge < -0.3 is 0 Å². The lowest BCUT2D eigenvalue weighted by molar-refractivity contribution is -0.750. The molecule has 1 aliphatic rings. The van der Waals surface area contributed by atoms with Gasteiger partial charge in [0.1, 0.15) is 25.0 Å². The van der Waals surface area contributed by atoms with Gasteiger partial charge in [-0.25, -0.2) is 9.80 Å². The number of hydrogen-bond donors (Lipinski definition) is 1. The SMILES string of the molecule is CC1=NN(c2cc3ccc4cc(-n5nc(C)n[n+](C)c5=O)cc(ccc(c2)c3C#N)c4C#N)C(=O)N(C)N1. The summed E-state index contributed by atoms with van der Waals surface area (Å²) >= 11 is 0. The molecule has 0 aliphatic carbocycles. The zero-order valence-corrected chi connectivity index (χ0v) is 21.0. The number of amidine groups is 1. The molecular formula is C26H21N10O2+. The summed E-state index contributed by atoms with van der Waals surface area (Å²) in [5, 5.41) is 37.3. The van der Waals surface area contributed by atoms with E-state index in [1.54, 1.807) is 69.4 Å². The number of amides is 2. The molecule has 0 radical (unpaired) electrons. The van der Waals surface area contributed by atoms with E-state index in [-0.39, 0.29) is 0 Å². The summed E-state index contributed by atoms with van der Waals surface area (Å²) in [6.07, 6.45) is 0. The maximum absolute atomic E-state index is 12.8. The van der Waals surface area contributed by atoms with Crippen LogP contribution in [0.5, 0.6) is 0 Å². The molecule has 0 unspecified atom stereocenters. The lowest BCUT2D eigenvalue weighted by atomic mass is 10.0. The topological polar surface area (TPSA) is 147 Å². The maximum Gasteiger partial charge on any atom is 0.544 e. The molecule has 2 amide bonds. The fraction of sp³-hybridized carbons (Fsp3) is 0.154. The van der Waals surface area contributed by atoms with Crippen molar-refractivity contribution >= 4 is 39.1 Å². The minimum Gasteiger partial charge on any atom is -0.280 e. The van der Waals surface area contributed by atoms with E-state index in [0.29, 0.717) is 55.7 Å². The first-order chi connectivity index (χ1) is 18.2. The van der Waals surface area contributed by atoms with Gasteiger partial charge >= 0.3 is 11.7 Å². The second-order valence-electron chi connectivity index (χ2n) is 8.70. The molecule has 186 valence electrons. The number of hydrazine groups is 1. The Balaban J connectivity index is 1.83. The second kappa shape index (κ2) is 9.11. The number of hydrogen-bond acceptors (Lipinski definition) is 8.